The van der Waals surface area contributed by atoms with E-state index in [1.54, 1.807) is 30.0 Å². The van der Waals surface area contributed by atoms with Gasteiger partial charge in [0.25, 0.3) is 0 Å². The maximum absolute atomic E-state index is 12.8. The van der Waals surface area contributed by atoms with Crippen molar-refractivity contribution in [2.45, 2.75) is 41.8 Å². The summed E-state index contributed by atoms with van der Waals surface area (Å²) in [7, 11) is -3.67. The molecular weight excluding hydrogens is 477 g/mol. The number of nitrogens with one attached hydrogen (secondary N) is 2. The zero-order chi connectivity index (χ0) is 21.8. The molecule has 2 N–H and O–H groups in total. The first-order valence-corrected chi connectivity index (χ1v) is 14.0. The average molecular weight is 499 g/mol. The number of nitrogens with zero attached hydrogens (tertiary/aromatic N) is 4. The molecule has 2 aromatic heterocycles. The molecule has 1 amide bonds. The van der Waals surface area contributed by atoms with Gasteiger partial charge in [0.05, 0.1) is 11.7 Å². The van der Waals surface area contributed by atoms with Crippen LogP contribution in [0.2, 0.25) is 0 Å². The Morgan fingerprint density at radius 2 is 2.00 bits per heavy atom. The molecule has 0 unspecified atom stereocenters. The molecule has 2 heterocycles. The first-order chi connectivity index (χ1) is 15.0. The summed E-state index contributed by atoms with van der Waals surface area (Å²) >= 11 is 3.98. The summed E-state index contributed by atoms with van der Waals surface area (Å²) in [6.07, 6.45) is 3.02. The molecule has 166 valence electrons. The van der Waals surface area contributed by atoms with Gasteiger partial charge in [0.15, 0.2) is 4.34 Å². The van der Waals surface area contributed by atoms with Crippen LogP contribution >= 0.6 is 34.8 Å². The molecule has 4 rings (SSSR count). The molecule has 3 aromatic rings. The van der Waals surface area contributed by atoms with Crippen molar-refractivity contribution < 1.29 is 13.2 Å². The molecule has 0 saturated heterocycles. The van der Waals surface area contributed by atoms with Crippen LogP contribution in [0.1, 0.15) is 32.6 Å². The summed E-state index contributed by atoms with van der Waals surface area (Å²) in [5.41, 5.74) is 0.979. The van der Waals surface area contributed by atoms with Crippen LogP contribution in [0, 0.1) is 11.8 Å². The number of carbonyl (C=O) groups is 1. The largest absolute Gasteiger partial charge is 0.300 e. The predicted octanol–water partition coefficient (Wildman–Crippen LogP) is 3.38. The second-order valence-corrected chi connectivity index (χ2v) is 12.0. The number of fused-ring (bicyclic) bond motifs is 1. The van der Waals surface area contributed by atoms with Crippen molar-refractivity contribution in [3.05, 3.63) is 18.2 Å². The quantitative estimate of drug-likeness (QED) is 0.357. The van der Waals surface area contributed by atoms with Crippen molar-refractivity contribution in [1.82, 2.24) is 23.7 Å². The minimum atomic E-state index is -3.67. The molecule has 0 aliphatic heterocycles. The lowest BCUT2D eigenvalue weighted by Crippen LogP contribution is -2.33. The van der Waals surface area contributed by atoms with Crippen LogP contribution in [0.25, 0.3) is 11.0 Å². The smallest absolute Gasteiger partial charge is 0.242 e. The van der Waals surface area contributed by atoms with Gasteiger partial charge >= 0.3 is 0 Å². The number of hydrogen-bond acceptors (Lipinski definition) is 10. The van der Waals surface area contributed by atoms with Gasteiger partial charge in [-0.25, -0.2) is 13.1 Å². The van der Waals surface area contributed by atoms with E-state index in [-0.39, 0.29) is 22.6 Å². The summed E-state index contributed by atoms with van der Waals surface area (Å²) < 4.78 is 37.3. The number of rotatable bonds is 8. The summed E-state index contributed by atoms with van der Waals surface area (Å²) in [5, 5.41) is 11.5. The van der Waals surface area contributed by atoms with Crippen LogP contribution in [0.5, 0.6) is 0 Å². The number of amides is 1. The van der Waals surface area contributed by atoms with E-state index in [1.165, 1.54) is 11.3 Å². The Kier molecular flexibility index (Phi) is 7.16. The summed E-state index contributed by atoms with van der Waals surface area (Å²) in [4.78, 5) is 12.7. The zero-order valence-corrected chi connectivity index (χ0v) is 20.0. The van der Waals surface area contributed by atoms with Crippen LogP contribution in [-0.2, 0) is 14.8 Å². The lowest BCUT2D eigenvalue weighted by molar-refractivity contribution is -0.121. The minimum absolute atomic E-state index is 0.0362. The van der Waals surface area contributed by atoms with Gasteiger partial charge in [-0.15, -0.1) is 10.2 Å². The summed E-state index contributed by atoms with van der Waals surface area (Å²) in [5.74, 6) is 0.979. The summed E-state index contributed by atoms with van der Waals surface area (Å²) in [6, 6.07) is 4.96. The molecule has 13 heteroatoms. The normalized spacial score (nSPS) is 19.5. The third-order valence-electron chi connectivity index (χ3n) is 5.22. The summed E-state index contributed by atoms with van der Waals surface area (Å²) in [6.45, 7) is 2.39. The maximum Gasteiger partial charge on any atom is 0.242 e. The van der Waals surface area contributed by atoms with Gasteiger partial charge in [0.2, 0.25) is 21.1 Å². The van der Waals surface area contributed by atoms with E-state index < -0.39 is 10.0 Å². The van der Waals surface area contributed by atoms with Gasteiger partial charge in [-0.3, -0.25) is 4.79 Å². The Bertz CT molecular complexity index is 1150. The first kappa shape index (κ1) is 22.5. The van der Waals surface area contributed by atoms with Gasteiger partial charge in [0, 0.05) is 12.5 Å². The van der Waals surface area contributed by atoms with Gasteiger partial charge in [-0.1, -0.05) is 36.1 Å². The molecule has 0 spiro atoms. The van der Waals surface area contributed by atoms with E-state index in [0.29, 0.717) is 22.7 Å². The molecule has 1 saturated carbocycles. The fourth-order valence-corrected chi connectivity index (χ4v) is 7.11. The van der Waals surface area contributed by atoms with Crippen LogP contribution in [-0.4, -0.2) is 45.6 Å². The van der Waals surface area contributed by atoms with Crippen molar-refractivity contribution >= 4 is 66.9 Å². The monoisotopic (exact) mass is 498 g/mol. The third kappa shape index (κ3) is 5.40. The van der Waals surface area contributed by atoms with Crippen LogP contribution in [0.3, 0.4) is 0 Å². The van der Waals surface area contributed by atoms with E-state index in [0.717, 1.165) is 47.5 Å². The number of benzene rings is 1. The van der Waals surface area contributed by atoms with Crippen molar-refractivity contribution in [3.63, 3.8) is 0 Å². The third-order valence-corrected chi connectivity index (χ3v) is 9.07. The van der Waals surface area contributed by atoms with Crippen LogP contribution in [0.4, 0.5) is 5.13 Å². The lowest BCUT2D eigenvalue weighted by Gasteiger charge is -2.27. The van der Waals surface area contributed by atoms with Crippen molar-refractivity contribution in [2.24, 2.45) is 11.8 Å². The van der Waals surface area contributed by atoms with Crippen LogP contribution in [0.15, 0.2) is 27.4 Å². The highest BCUT2D eigenvalue weighted by atomic mass is 32.2. The molecule has 1 aliphatic carbocycles. The van der Waals surface area contributed by atoms with E-state index in [9.17, 15) is 13.2 Å². The van der Waals surface area contributed by atoms with E-state index in [1.807, 2.05) is 6.92 Å². The Balaban J connectivity index is 1.28. The minimum Gasteiger partial charge on any atom is -0.300 e. The molecule has 0 atom stereocenters. The molecular formula is C18H22N6O3S4. The van der Waals surface area contributed by atoms with Gasteiger partial charge in [0.1, 0.15) is 15.9 Å². The number of carbonyl (C=O) groups excluding carboxylic acids is 1. The fourth-order valence-electron chi connectivity index (χ4n) is 3.58. The number of hydrogen-bond donors (Lipinski definition) is 2. The van der Waals surface area contributed by atoms with E-state index in [2.05, 4.69) is 29.0 Å². The van der Waals surface area contributed by atoms with Crippen molar-refractivity contribution in [3.8, 4) is 0 Å². The van der Waals surface area contributed by atoms with E-state index in [4.69, 9.17) is 0 Å². The molecule has 1 aromatic carbocycles. The topological polar surface area (TPSA) is 127 Å². The average Bonchev–Trinajstić information content (AvgIpc) is 3.42. The van der Waals surface area contributed by atoms with Gasteiger partial charge < -0.3 is 5.32 Å². The lowest BCUT2D eigenvalue weighted by atomic mass is 9.81. The second kappa shape index (κ2) is 9.86. The second-order valence-electron chi connectivity index (χ2n) is 7.25. The van der Waals surface area contributed by atoms with Crippen molar-refractivity contribution in [1.29, 1.82) is 0 Å². The molecule has 0 bridgehead atoms. The molecule has 1 fully saturated rings. The van der Waals surface area contributed by atoms with Crippen LogP contribution < -0.4 is 10.0 Å². The molecule has 0 radical (unpaired) electrons. The number of aromatic nitrogens is 4. The fraction of sp³-hybridized carbons (Fsp3) is 0.500. The Hall–Kier alpha value is -1.67. The first-order valence-electron chi connectivity index (χ1n) is 9.94. The Labute approximate surface area is 192 Å². The molecule has 9 nitrogen and oxygen atoms in total. The number of anilines is 1. The molecule has 1 aliphatic rings. The number of sulfonamides is 1. The van der Waals surface area contributed by atoms with Crippen molar-refractivity contribution in [2.75, 3.05) is 17.6 Å². The SMILES string of the molecule is CCSc1nnc(NC(=O)C2CCC(CNS(=O)(=O)c3cccc4nsnc34)CC2)s1. The predicted molar refractivity (Wildman–Crippen MR) is 123 cm³/mol. The zero-order valence-electron chi connectivity index (χ0n) is 16.8. The number of thioether (sulfide) groups is 1. The molecule has 31 heavy (non-hydrogen) atoms. The highest BCUT2D eigenvalue weighted by molar-refractivity contribution is 8.01. The van der Waals surface area contributed by atoms with Gasteiger partial charge in [-0.2, -0.15) is 8.75 Å². The maximum atomic E-state index is 12.8. The van der Waals surface area contributed by atoms with Gasteiger partial charge in [-0.05, 0) is 49.5 Å². The highest BCUT2D eigenvalue weighted by Gasteiger charge is 2.28. The van der Waals surface area contributed by atoms with E-state index >= 15 is 0 Å². The Morgan fingerprint density at radius 1 is 1.19 bits per heavy atom. The standard InChI is InChI=1S/C18H22N6O3S4/c1-2-28-18-22-21-17(29-18)20-16(25)12-8-6-11(7-9-12)10-19-31(26,27)14-5-3-4-13-15(14)24-30-23-13/h3-5,11-12,19H,2,6-10H2,1H3,(H,20,21,25). The highest BCUT2D eigenvalue weighted by Crippen LogP contribution is 2.31. The Morgan fingerprint density at radius 3 is 2.77 bits per heavy atom.